The van der Waals surface area contributed by atoms with Gasteiger partial charge >= 0.3 is 0 Å². The standard InChI is InChI=1S/C23H22ClFN2O4S/c1-3-21(15-4-9-18(31-2)10-5-15)26-23(28)16-6-13-20(24)22(14-16)27-32(29,30)19-11-7-17(25)8-12-19/h4-14,21,27H,3H2,1-2H3,(H,26,28). The van der Waals surface area contributed by atoms with Gasteiger partial charge in [-0.3, -0.25) is 9.52 Å². The second kappa shape index (κ2) is 10.0. The van der Waals surface area contributed by atoms with E-state index in [0.717, 1.165) is 29.8 Å². The number of halogens is 2. The van der Waals surface area contributed by atoms with Crippen molar-refractivity contribution in [3.63, 3.8) is 0 Å². The predicted molar refractivity (Wildman–Crippen MR) is 122 cm³/mol. The summed E-state index contributed by atoms with van der Waals surface area (Å²) in [4.78, 5) is 12.7. The van der Waals surface area contributed by atoms with Gasteiger partial charge in [0.1, 0.15) is 11.6 Å². The lowest BCUT2D eigenvalue weighted by molar-refractivity contribution is 0.0935. The Morgan fingerprint density at radius 2 is 1.72 bits per heavy atom. The smallest absolute Gasteiger partial charge is 0.261 e. The minimum atomic E-state index is -4.02. The summed E-state index contributed by atoms with van der Waals surface area (Å²) in [5.41, 5.74) is 1.19. The Bertz CT molecular complexity index is 1200. The maximum absolute atomic E-state index is 13.1. The number of methoxy groups -OCH3 is 1. The van der Waals surface area contributed by atoms with Crippen LogP contribution in [0.3, 0.4) is 0 Å². The molecule has 0 aliphatic rings. The first kappa shape index (κ1) is 23.6. The first-order chi connectivity index (χ1) is 15.2. The lowest BCUT2D eigenvalue weighted by Gasteiger charge is -2.18. The van der Waals surface area contributed by atoms with E-state index >= 15 is 0 Å². The maximum Gasteiger partial charge on any atom is 0.261 e. The van der Waals surface area contributed by atoms with Crippen molar-refractivity contribution in [2.45, 2.75) is 24.3 Å². The minimum Gasteiger partial charge on any atom is -0.497 e. The van der Waals surface area contributed by atoms with Gasteiger partial charge in [0.15, 0.2) is 0 Å². The van der Waals surface area contributed by atoms with Gasteiger partial charge in [0.05, 0.1) is 28.8 Å². The molecule has 0 fully saturated rings. The lowest BCUT2D eigenvalue weighted by Crippen LogP contribution is -2.28. The molecule has 0 aliphatic carbocycles. The fourth-order valence-corrected chi connectivity index (χ4v) is 4.35. The number of benzene rings is 3. The third-order valence-corrected chi connectivity index (χ3v) is 6.54. The number of hydrogen-bond acceptors (Lipinski definition) is 4. The zero-order chi connectivity index (χ0) is 23.3. The van der Waals surface area contributed by atoms with Crippen LogP contribution in [-0.2, 0) is 10.0 Å². The highest BCUT2D eigenvalue weighted by molar-refractivity contribution is 7.92. The summed E-state index contributed by atoms with van der Waals surface area (Å²) in [5, 5.41) is 3.06. The second-order valence-electron chi connectivity index (χ2n) is 6.96. The predicted octanol–water partition coefficient (Wildman–Crippen LogP) is 5.17. The molecule has 3 rings (SSSR count). The lowest BCUT2D eigenvalue weighted by atomic mass is 10.0. The molecule has 0 spiro atoms. The summed E-state index contributed by atoms with van der Waals surface area (Å²) >= 11 is 6.15. The van der Waals surface area contributed by atoms with E-state index in [-0.39, 0.29) is 33.1 Å². The zero-order valence-corrected chi connectivity index (χ0v) is 19.0. The molecule has 0 heterocycles. The van der Waals surface area contributed by atoms with Gasteiger partial charge in [-0.1, -0.05) is 30.7 Å². The molecule has 1 unspecified atom stereocenters. The molecule has 1 amide bonds. The molecule has 3 aromatic carbocycles. The van der Waals surface area contributed by atoms with Gasteiger partial charge in [-0.25, -0.2) is 12.8 Å². The number of carbonyl (C=O) groups excluding carboxylic acids is 1. The summed E-state index contributed by atoms with van der Waals surface area (Å²) in [7, 11) is -2.44. The van der Waals surface area contributed by atoms with Gasteiger partial charge in [-0.15, -0.1) is 0 Å². The molecule has 3 aromatic rings. The Balaban J connectivity index is 1.80. The third kappa shape index (κ3) is 5.57. The Morgan fingerprint density at radius 3 is 2.31 bits per heavy atom. The molecule has 0 bridgehead atoms. The number of sulfonamides is 1. The summed E-state index contributed by atoms with van der Waals surface area (Å²) in [6.45, 7) is 1.94. The van der Waals surface area contributed by atoms with Crippen LogP contribution >= 0.6 is 11.6 Å². The molecule has 0 saturated carbocycles. The summed E-state index contributed by atoms with van der Waals surface area (Å²) in [5.74, 6) is -0.222. The zero-order valence-electron chi connectivity index (χ0n) is 17.4. The molecule has 0 aliphatic heterocycles. The quantitative estimate of drug-likeness (QED) is 0.469. The summed E-state index contributed by atoms with van der Waals surface area (Å²) in [6, 6.07) is 15.8. The van der Waals surface area contributed by atoms with Crippen LogP contribution in [0.1, 0.15) is 35.3 Å². The van der Waals surface area contributed by atoms with E-state index in [1.807, 2.05) is 31.2 Å². The van der Waals surface area contributed by atoms with Gasteiger partial charge in [0.2, 0.25) is 0 Å². The van der Waals surface area contributed by atoms with Crippen molar-refractivity contribution in [1.82, 2.24) is 5.32 Å². The Morgan fingerprint density at radius 1 is 1.06 bits per heavy atom. The van der Waals surface area contributed by atoms with Crippen LogP contribution in [0.25, 0.3) is 0 Å². The van der Waals surface area contributed by atoms with Gasteiger partial charge in [0, 0.05) is 5.56 Å². The van der Waals surface area contributed by atoms with Crippen LogP contribution in [0.2, 0.25) is 5.02 Å². The van der Waals surface area contributed by atoms with Crippen molar-refractivity contribution in [3.8, 4) is 5.75 Å². The van der Waals surface area contributed by atoms with Gasteiger partial charge in [-0.2, -0.15) is 0 Å². The van der Waals surface area contributed by atoms with Gasteiger partial charge in [-0.05, 0) is 66.6 Å². The molecular formula is C23H22ClFN2O4S. The van der Waals surface area contributed by atoms with E-state index in [1.54, 1.807) is 7.11 Å². The van der Waals surface area contributed by atoms with Crippen LogP contribution in [0.4, 0.5) is 10.1 Å². The molecule has 0 saturated heterocycles. The van der Waals surface area contributed by atoms with Crippen LogP contribution in [0.5, 0.6) is 5.75 Å². The van der Waals surface area contributed by atoms with Crippen molar-refractivity contribution in [2.24, 2.45) is 0 Å². The van der Waals surface area contributed by atoms with Crippen molar-refractivity contribution in [1.29, 1.82) is 0 Å². The fraction of sp³-hybridized carbons (Fsp3) is 0.174. The molecule has 6 nitrogen and oxygen atoms in total. The average Bonchev–Trinajstić information content (AvgIpc) is 2.79. The highest BCUT2D eigenvalue weighted by Crippen LogP contribution is 2.27. The first-order valence-electron chi connectivity index (χ1n) is 9.76. The molecule has 0 radical (unpaired) electrons. The number of amides is 1. The molecule has 32 heavy (non-hydrogen) atoms. The molecular weight excluding hydrogens is 455 g/mol. The Kier molecular flexibility index (Phi) is 7.37. The molecule has 9 heteroatoms. The number of anilines is 1. The third-order valence-electron chi connectivity index (χ3n) is 4.83. The molecule has 0 aromatic heterocycles. The summed E-state index contributed by atoms with van der Waals surface area (Å²) < 4.78 is 45.8. The number of carbonyl (C=O) groups is 1. The first-order valence-corrected chi connectivity index (χ1v) is 11.6. The normalized spacial score (nSPS) is 12.1. The highest BCUT2D eigenvalue weighted by Gasteiger charge is 2.19. The van der Waals surface area contributed by atoms with Crippen LogP contribution in [0, 0.1) is 5.82 Å². The number of hydrogen-bond donors (Lipinski definition) is 2. The molecule has 2 N–H and O–H groups in total. The maximum atomic E-state index is 13.1. The molecule has 168 valence electrons. The Labute approximate surface area is 191 Å². The van der Waals surface area contributed by atoms with Crippen LogP contribution in [-0.4, -0.2) is 21.4 Å². The fourth-order valence-electron chi connectivity index (χ4n) is 3.06. The SMILES string of the molecule is CCC(NC(=O)c1ccc(Cl)c(NS(=O)(=O)c2ccc(F)cc2)c1)c1ccc(OC)cc1. The van der Waals surface area contributed by atoms with E-state index in [9.17, 15) is 17.6 Å². The average molecular weight is 477 g/mol. The second-order valence-corrected chi connectivity index (χ2v) is 9.05. The van der Waals surface area contributed by atoms with E-state index in [2.05, 4.69) is 10.0 Å². The van der Waals surface area contributed by atoms with Crippen molar-refractivity contribution >= 4 is 33.2 Å². The summed E-state index contributed by atoms with van der Waals surface area (Å²) in [6.07, 6.45) is 0.649. The minimum absolute atomic E-state index is 0.0427. The van der Waals surface area contributed by atoms with E-state index in [4.69, 9.17) is 16.3 Å². The molecule has 1 atom stereocenters. The van der Waals surface area contributed by atoms with Crippen LogP contribution < -0.4 is 14.8 Å². The Hall–Kier alpha value is -3.10. The monoisotopic (exact) mass is 476 g/mol. The topological polar surface area (TPSA) is 84.5 Å². The van der Waals surface area contributed by atoms with Crippen molar-refractivity contribution < 1.29 is 22.3 Å². The highest BCUT2D eigenvalue weighted by atomic mass is 35.5. The number of rotatable bonds is 8. The number of nitrogens with one attached hydrogen (secondary N) is 2. The van der Waals surface area contributed by atoms with Crippen LogP contribution in [0.15, 0.2) is 71.6 Å². The van der Waals surface area contributed by atoms with Crippen molar-refractivity contribution in [2.75, 3.05) is 11.8 Å². The van der Waals surface area contributed by atoms with E-state index in [1.165, 1.54) is 18.2 Å². The van der Waals surface area contributed by atoms with Gasteiger partial charge < -0.3 is 10.1 Å². The van der Waals surface area contributed by atoms with E-state index < -0.39 is 15.8 Å². The van der Waals surface area contributed by atoms with Gasteiger partial charge in [0.25, 0.3) is 15.9 Å². The number of ether oxygens (including phenoxy) is 1. The largest absolute Gasteiger partial charge is 0.497 e. The van der Waals surface area contributed by atoms with Crippen molar-refractivity contribution in [3.05, 3.63) is 88.7 Å². The van der Waals surface area contributed by atoms with E-state index in [0.29, 0.717) is 12.2 Å².